The van der Waals surface area contributed by atoms with E-state index in [-0.39, 0.29) is 34.6 Å². The van der Waals surface area contributed by atoms with Crippen LogP contribution in [0.5, 0.6) is 0 Å². The van der Waals surface area contributed by atoms with Gasteiger partial charge < -0.3 is 15.3 Å². The number of aliphatic carboxylic acids is 1. The zero-order chi connectivity index (χ0) is 23.9. The number of halogens is 4. The van der Waals surface area contributed by atoms with E-state index in [4.69, 9.17) is 0 Å². The molecule has 0 saturated heterocycles. The number of nitrogens with one attached hydrogen (secondary N) is 1. The predicted octanol–water partition coefficient (Wildman–Crippen LogP) is 3.64. The van der Waals surface area contributed by atoms with Gasteiger partial charge in [0.05, 0.1) is 42.0 Å². The number of carbonyl (C=O) groups excluding carboxylic acids is 2. The highest BCUT2D eigenvalue weighted by atomic mass is 19.4. The van der Waals surface area contributed by atoms with E-state index >= 15 is 0 Å². The summed E-state index contributed by atoms with van der Waals surface area (Å²) in [6, 6.07) is 5.84. The van der Waals surface area contributed by atoms with Gasteiger partial charge in [0.2, 0.25) is 6.41 Å². The zero-order valence-corrected chi connectivity index (χ0v) is 16.7. The lowest BCUT2D eigenvalue weighted by molar-refractivity contribution is -0.140. The molecule has 0 saturated carbocycles. The molecular formula is C22H15F4N3O4. The van der Waals surface area contributed by atoms with Crippen LogP contribution in [0.2, 0.25) is 0 Å². The highest BCUT2D eigenvalue weighted by Gasteiger charge is 2.42. The van der Waals surface area contributed by atoms with Crippen molar-refractivity contribution in [1.82, 2.24) is 0 Å². The first-order chi connectivity index (χ1) is 15.6. The molecule has 1 amide bonds. The van der Waals surface area contributed by atoms with Crippen molar-refractivity contribution in [3.8, 4) is 0 Å². The van der Waals surface area contributed by atoms with E-state index in [1.54, 1.807) is 0 Å². The number of ketones is 1. The smallest absolute Gasteiger partial charge is 0.419 e. The van der Waals surface area contributed by atoms with Gasteiger partial charge in [-0.3, -0.25) is 19.4 Å². The number of hydrogen-bond donors (Lipinski definition) is 2. The van der Waals surface area contributed by atoms with Crippen molar-refractivity contribution in [2.75, 3.05) is 10.2 Å². The summed E-state index contributed by atoms with van der Waals surface area (Å²) >= 11 is 0. The topological polar surface area (TPSA) is 99.1 Å². The highest BCUT2D eigenvalue weighted by Crippen LogP contribution is 2.50. The van der Waals surface area contributed by atoms with Crippen LogP contribution in [-0.2, 0) is 33.5 Å². The largest absolute Gasteiger partial charge is 0.481 e. The summed E-state index contributed by atoms with van der Waals surface area (Å²) < 4.78 is 54.2. The van der Waals surface area contributed by atoms with Crippen molar-refractivity contribution in [2.45, 2.75) is 25.1 Å². The summed E-state index contributed by atoms with van der Waals surface area (Å²) in [6.45, 7) is -0.354. The minimum absolute atomic E-state index is 0.108. The third kappa shape index (κ3) is 3.86. The maximum absolute atomic E-state index is 14.7. The molecule has 170 valence electrons. The number of carbonyl (C=O) groups is 3. The highest BCUT2D eigenvalue weighted by molar-refractivity contribution is 6.33. The van der Waals surface area contributed by atoms with E-state index in [0.717, 1.165) is 12.3 Å². The second-order valence-electron chi connectivity index (χ2n) is 7.40. The minimum Gasteiger partial charge on any atom is -0.481 e. The van der Waals surface area contributed by atoms with Gasteiger partial charge in [-0.25, -0.2) is 4.39 Å². The molecular weight excluding hydrogens is 446 g/mol. The Balaban J connectivity index is 1.87. The quantitative estimate of drug-likeness (QED) is 0.506. The van der Waals surface area contributed by atoms with E-state index in [2.05, 4.69) is 10.3 Å². The number of carboxylic acid groups (broad SMARTS) is 1. The van der Waals surface area contributed by atoms with Crippen molar-refractivity contribution in [3.63, 3.8) is 0 Å². The molecule has 0 fully saturated rings. The summed E-state index contributed by atoms with van der Waals surface area (Å²) in [5.74, 6) is -4.06. The van der Waals surface area contributed by atoms with Crippen LogP contribution in [0.25, 0.3) is 0 Å². The molecule has 0 bridgehead atoms. The summed E-state index contributed by atoms with van der Waals surface area (Å²) in [7, 11) is 0. The van der Waals surface area contributed by atoms with Crippen LogP contribution >= 0.6 is 0 Å². The lowest BCUT2D eigenvalue weighted by atomic mass is 9.90. The number of nitrogens with zero attached hydrogens (tertiary/aromatic N) is 2. The number of rotatable bonds is 6. The van der Waals surface area contributed by atoms with Crippen molar-refractivity contribution in [2.24, 2.45) is 4.99 Å². The third-order valence-corrected chi connectivity index (χ3v) is 5.45. The molecule has 0 aliphatic carbocycles. The second-order valence-corrected chi connectivity index (χ2v) is 7.40. The van der Waals surface area contributed by atoms with Gasteiger partial charge >= 0.3 is 12.1 Å². The molecule has 2 aromatic carbocycles. The van der Waals surface area contributed by atoms with Gasteiger partial charge in [0.1, 0.15) is 5.82 Å². The Morgan fingerprint density at radius 3 is 2.64 bits per heavy atom. The van der Waals surface area contributed by atoms with Gasteiger partial charge in [0, 0.05) is 23.0 Å². The summed E-state index contributed by atoms with van der Waals surface area (Å²) in [5.41, 5.74) is -0.472. The number of allylic oxidation sites excluding steroid dienone is 1. The Labute approximate surface area is 184 Å². The maximum Gasteiger partial charge on any atom is 0.419 e. The Hall–Kier alpha value is -4.02. The molecule has 1 unspecified atom stereocenters. The van der Waals surface area contributed by atoms with Crippen LogP contribution in [0.4, 0.5) is 28.9 Å². The van der Waals surface area contributed by atoms with Gasteiger partial charge in [0.25, 0.3) is 0 Å². The molecule has 0 spiro atoms. The minimum atomic E-state index is -4.89. The fourth-order valence-corrected chi connectivity index (χ4v) is 4.13. The van der Waals surface area contributed by atoms with Crippen molar-refractivity contribution < 1.29 is 37.1 Å². The molecule has 33 heavy (non-hydrogen) atoms. The Morgan fingerprint density at radius 2 is 1.97 bits per heavy atom. The monoisotopic (exact) mass is 461 g/mol. The summed E-state index contributed by atoms with van der Waals surface area (Å²) in [6.07, 6.45) is -2.61. The number of anilines is 2. The molecule has 0 aromatic heterocycles. The average molecular weight is 461 g/mol. The maximum atomic E-state index is 14.7. The van der Waals surface area contributed by atoms with Gasteiger partial charge in [-0.2, -0.15) is 13.2 Å². The number of hydrogen-bond acceptors (Lipinski definition) is 5. The van der Waals surface area contributed by atoms with Gasteiger partial charge in [-0.1, -0.05) is 18.2 Å². The van der Waals surface area contributed by atoms with Crippen LogP contribution in [0.3, 0.4) is 0 Å². The van der Waals surface area contributed by atoms with Gasteiger partial charge in [-0.15, -0.1) is 0 Å². The van der Waals surface area contributed by atoms with E-state index in [9.17, 15) is 37.1 Å². The van der Waals surface area contributed by atoms with Crippen LogP contribution in [-0.4, -0.2) is 29.5 Å². The number of alkyl halides is 3. The molecule has 2 heterocycles. The van der Waals surface area contributed by atoms with E-state index < -0.39 is 41.6 Å². The first kappa shape index (κ1) is 22.2. The van der Waals surface area contributed by atoms with Gasteiger partial charge in [-0.05, 0) is 17.7 Å². The van der Waals surface area contributed by atoms with Crippen molar-refractivity contribution >= 4 is 35.8 Å². The molecule has 2 aliphatic heterocycles. The fraction of sp³-hybridized carbons (Fsp3) is 0.182. The van der Waals surface area contributed by atoms with E-state index in [1.165, 1.54) is 29.3 Å². The first-order valence-corrected chi connectivity index (χ1v) is 9.60. The fourth-order valence-electron chi connectivity index (χ4n) is 4.13. The lowest BCUT2D eigenvalue weighted by Gasteiger charge is -2.24. The molecule has 2 aliphatic rings. The number of benzene rings is 2. The number of Topliss-reactive ketones (excluding diaryl/α,β-unsaturated/α-hetero) is 1. The van der Waals surface area contributed by atoms with E-state index in [0.29, 0.717) is 18.2 Å². The molecule has 11 heteroatoms. The standard InChI is InChI=1S/C22H15F4N3O4/c23-20-12(2-1-3-13(20)22(24,25)26)9-29-14-5-4-11(6-17(32)33)21(28-10-30)19(14)18-15(29)7-27-8-16(18)31/h1-5,7-8,10,18H,6,9H2,(H,28,30)(H,32,33). The molecule has 7 nitrogen and oxygen atoms in total. The normalized spacial score (nSPS) is 16.8. The van der Waals surface area contributed by atoms with Crippen LogP contribution < -0.4 is 10.2 Å². The number of aliphatic imine (C=N–C) groups is 1. The zero-order valence-electron chi connectivity index (χ0n) is 16.7. The van der Waals surface area contributed by atoms with Crippen LogP contribution in [0, 0.1) is 5.82 Å². The molecule has 2 aromatic rings. The molecule has 4 rings (SSSR count). The number of carboxylic acids is 1. The number of amides is 1. The molecule has 2 N–H and O–H groups in total. The first-order valence-electron chi connectivity index (χ1n) is 9.60. The van der Waals surface area contributed by atoms with Gasteiger partial charge in [0.15, 0.2) is 5.78 Å². The third-order valence-electron chi connectivity index (χ3n) is 5.45. The Kier molecular flexibility index (Phi) is 5.48. The molecule has 0 radical (unpaired) electrons. The van der Waals surface area contributed by atoms with Crippen LogP contribution in [0.15, 0.2) is 47.2 Å². The predicted molar refractivity (Wildman–Crippen MR) is 109 cm³/mol. The van der Waals surface area contributed by atoms with Crippen molar-refractivity contribution in [3.05, 3.63) is 70.3 Å². The van der Waals surface area contributed by atoms with E-state index in [1.807, 2.05) is 0 Å². The number of fused-ring (bicyclic) bond motifs is 3. The SMILES string of the molecule is O=CNc1c(CC(=O)O)ccc2c1C1C(=O)C=NC=C1N2Cc1cccc(C(F)(F)F)c1F. The van der Waals surface area contributed by atoms with Crippen molar-refractivity contribution in [1.29, 1.82) is 0 Å². The Bertz CT molecular complexity index is 1240. The van der Waals surface area contributed by atoms with Crippen LogP contribution in [0.1, 0.15) is 28.2 Å². The lowest BCUT2D eigenvalue weighted by Crippen LogP contribution is -2.25. The Morgan fingerprint density at radius 1 is 1.21 bits per heavy atom. The average Bonchev–Trinajstić information content (AvgIpc) is 3.05. The molecule has 1 atom stereocenters. The summed E-state index contributed by atoms with van der Waals surface area (Å²) in [5, 5.41) is 11.6. The summed E-state index contributed by atoms with van der Waals surface area (Å²) in [4.78, 5) is 40.5. The second kappa shape index (κ2) is 8.15.